The van der Waals surface area contributed by atoms with Crippen LogP contribution in [0.2, 0.25) is 0 Å². The molecular formula is C24H34N2O2. The van der Waals surface area contributed by atoms with Crippen molar-refractivity contribution < 1.29 is 9.59 Å². The average Bonchev–Trinajstić information content (AvgIpc) is 2.68. The molecule has 0 spiro atoms. The summed E-state index contributed by atoms with van der Waals surface area (Å²) in [6.45, 7) is 4.07. The lowest BCUT2D eigenvalue weighted by molar-refractivity contribution is -0.124. The fourth-order valence-corrected chi connectivity index (χ4v) is 4.40. The topological polar surface area (TPSA) is 58.2 Å². The van der Waals surface area contributed by atoms with Crippen LogP contribution in [0.15, 0.2) is 23.8 Å². The molecule has 2 amide bonds. The smallest absolute Gasteiger partial charge is 0.257 e. The van der Waals surface area contributed by atoms with E-state index in [9.17, 15) is 9.59 Å². The molecule has 2 fully saturated rings. The van der Waals surface area contributed by atoms with Crippen molar-refractivity contribution in [1.29, 1.82) is 0 Å². The monoisotopic (exact) mass is 382 g/mol. The Bertz CT molecular complexity index is 692. The summed E-state index contributed by atoms with van der Waals surface area (Å²) >= 11 is 0. The molecule has 2 N–H and O–H groups in total. The first-order chi connectivity index (χ1) is 13.5. The first-order valence-corrected chi connectivity index (χ1v) is 10.9. The van der Waals surface area contributed by atoms with Crippen LogP contribution in [-0.4, -0.2) is 23.9 Å². The van der Waals surface area contributed by atoms with Crippen molar-refractivity contribution >= 4 is 17.9 Å². The van der Waals surface area contributed by atoms with Crippen LogP contribution in [0, 0.1) is 13.8 Å². The number of hydrogen-bond acceptors (Lipinski definition) is 2. The van der Waals surface area contributed by atoms with Crippen LogP contribution in [0.4, 0.5) is 0 Å². The molecule has 1 aromatic carbocycles. The zero-order valence-electron chi connectivity index (χ0n) is 17.4. The van der Waals surface area contributed by atoms with Gasteiger partial charge in [0.15, 0.2) is 0 Å². The Hall–Kier alpha value is -2.10. The second-order valence-electron chi connectivity index (χ2n) is 8.53. The normalized spacial score (nSPS) is 18.4. The average molecular weight is 383 g/mol. The van der Waals surface area contributed by atoms with E-state index in [0.717, 1.165) is 62.5 Å². The van der Waals surface area contributed by atoms with E-state index in [1.165, 1.54) is 18.4 Å². The minimum atomic E-state index is -0.236. The molecule has 28 heavy (non-hydrogen) atoms. The van der Waals surface area contributed by atoms with Gasteiger partial charge in [0.1, 0.15) is 5.57 Å². The maximum absolute atomic E-state index is 13.0. The van der Waals surface area contributed by atoms with Crippen molar-refractivity contribution in [2.45, 2.75) is 90.1 Å². The Morgan fingerprint density at radius 1 is 0.821 bits per heavy atom. The van der Waals surface area contributed by atoms with Gasteiger partial charge >= 0.3 is 0 Å². The first kappa shape index (κ1) is 20.6. The molecule has 0 heterocycles. The molecule has 0 saturated heterocycles. The Morgan fingerprint density at radius 3 is 1.79 bits per heavy atom. The Labute approximate surface area is 169 Å². The lowest BCUT2D eigenvalue weighted by atomic mass is 9.94. The number of amides is 2. The summed E-state index contributed by atoms with van der Waals surface area (Å²) in [6.07, 6.45) is 12.9. The van der Waals surface area contributed by atoms with Crippen molar-refractivity contribution in [3.8, 4) is 0 Å². The van der Waals surface area contributed by atoms with Gasteiger partial charge in [-0.25, -0.2) is 0 Å². The zero-order chi connectivity index (χ0) is 19.9. The second-order valence-corrected chi connectivity index (χ2v) is 8.53. The number of benzene rings is 1. The number of nitrogens with one attached hydrogen (secondary N) is 2. The highest BCUT2D eigenvalue weighted by molar-refractivity contribution is 6.21. The van der Waals surface area contributed by atoms with E-state index >= 15 is 0 Å². The van der Waals surface area contributed by atoms with Crippen molar-refractivity contribution in [3.63, 3.8) is 0 Å². The van der Waals surface area contributed by atoms with Gasteiger partial charge in [0.2, 0.25) is 0 Å². The van der Waals surface area contributed by atoms with Gasteiger partial charge in [0.05, 0.1) is 0 Å². The number of aryl methyl sites for hydroxylation is 2. The van der Waals surface area contributed by atoms with Gasteiger partial charge in [-0.2, -0.15) is 0 Å². The van der Waals surface area contributed by atoms with Gasteiger partial charge in [-0.3, -0.25) is 9.59 Å². The van der Waals surface area contributed by atoms with Crippen molar-refractivity contribution in [1.82, 2.24) is 10.6 Å². The van der Waals surface area contributed by atoms with Gasteiger partial charge in [-0.05, 0) is 56.7 Å². The maximum atomic E-state index is 13.0. The van der Waals surface area contributed by atoms with Crippen molar-refractivity contribution in [2.75, 3.05) is 0 Å². The van der Waals surface area contributed by atoms with Gasteiger partial charge in [-0.15, -0.1) is 0 Å². The van der Waals surface area contributed by atoms with E-state index in [-0.39, 0.29) is 29.5 Å². The number of hydrogen-bond donors (Lipinski definition) is 2. The van der Waals surface area contributed by atoms with E-state index in [1.807, 2.05) is 26.0 Å². The molecule has 0 radical (unpaired) electrons. The van der Waals surface area contributed by atoms with Crippen molar-refractivity contribution in [2.24, 2.45) is 0 Å². The molecule has 1 aromatic rings. The summed E-state index contributed by atoms with van der Waals surface area (Å²) in [5.74, 6) is -0.472. The lowest BCUT2D eigenvalue weighted by Gasteiger charge is -2.25. The third kappa shape index (κ3) is 5.70. The molecule has 3 rings (SSSR count). The molecule has 0 bridgehead atoms. The molecule has 0 atom stereocenters. The minimum Gasteiger partial charge on any atom is -0.349 e. The van der Waals surface area contributed by atoms with Crippen LogP contribution in [0.3, 0.4) is 0 Å². The minimum absolute atomic E-state index is 0.186. The molecule has 4 nitrogen and oxygen atoms in total. The largest absolute Gasteiger partial charge is 0.349 e. The third-order valence-electron chi connectivity index (χ3n) is 6.10. The molecule has 0 aliphatic heterocycles. The predicted octanol–water partition coefficient (Wildman–Crippen LogP) is 4.58. The van der Waals surface area contributed by atoms with Crippen LogP contribution in [0.1, 0.15) is 80.9 Å². The standard InChI is InChI=1S/C24H34N2O2/c1-17-13-14-19(18(2)15-17)16-22(23(27)25-20-9-5-3-6-10-20)24(28)26-21-11-7-4-8-12-21/h13-16,20-21H,3-12H2,1-2H3,(H,25,27)(H,26,28). The predicted molar refractivity (Wildman–Crippen MR) is 114 cm³/mol. The molecule has 2 aliphatic rings. The summed E-state index contributed by atoms with van der Waals surface area (Å²) in [6, 6.07) is 6.47. The first-order valence-electron chi connectivity index (χ1n) is 10.9. The fourth-order valence-electron chi connectivity index (χ4n) is 4.40. The highest BCUT2D eigenvalue weighted by Gasteiger charge is 2.25. The summed E-state index contributed by atoms with van der Waals surface area (Å²) in [4.78, 5) is 26.1. The van der Waals surface area contributed by atoms with Crippen LogP contribution >= 0.6 is 0 Å². The molecule has 0 unspecified atom stereocenters. The molecule has 2 aliphatic carbocycles. The highest BCUT2D eigenvalue weighted by Crippen LogP contribution is 2.21. The zero-order valence-corrected chi connectivity index (χ0v) is 17.4. The fraction of sp³-hybridized carbons (Fsp3) is 0.583. The van der Waals surface area contributed by atoms with Crippen LogP contribution in [0.25, 0.3) is 6.08 Å². The number of carbonyl (C=O) groups excluding carboxylic acids is 2. The number of rotatable bonds is 5. The Morgan fingerprint density at radius 2 is 1.32 bits per heavy atom. The highest BCUT2D eigenvalue weighted by atomic mass is 16.2. The van der Waals surface area contributed by atoms with E-state index < -0.39 is 0 Å². The van der Waals surface area contributed by atoms with Gasteiger partial charge in [0, 0.05) is 12.1 Å². The maximum Gasteiger partial charge on any atom is 0.257 e. The summed E-state index contributed by atoms with van der Waals surface area (Å²) < 4.78 is 0. The molecule has 152 valence electrons. The Balaban J connectivity index is 1.80. The summed E-state index contributed by atoms with van der Waals surface area (Å²) in [5.41, 5.74) is 3.42. The van der Waals surface area contributed by atoms with E-state index in [4.69, 9.17) is 0 Å². The van der Waals surface area contributed by atoms with Gasteiger partial charge < -0.3 is 10.6 Å². The van der Waals surface area contributed by atoms with E-state index in [0.29, 0.717) is 0 Å². The summed E-state index contributed by atoms with van der Waals surface area (Å²) in [7, 11) is 0. The second kappa shape index (κ2) is 9.90. The molecule has 4 heteroatoms. The van der Waals surface area contributed by atoms with Crippen LogP contribution < -0.4 is 10.6 Å². The van der Waals surface area contributed by atoms with E-state index in [1.54, 1.807) is 6.08 Å². The molecule has 0 aromatic heterocycles. The van der Waals surface area contributed by atoms with Crippen LogP contribution in [0.5, 0.6) is 0 Å². The SMILES string of the molecule is Cc1ccc(C=C(C(=O)NC2CCCCC2)C(=O)NC2CCCCC2)c(C)c1. The van der Waals surface area contributed by atoms with Gasteiger partial charge in [-0.1, -0.05) is 62.3 Å². The van der Waals surface area contributed by atoms with Gasteiger partial charge in [0.25, 0.3) is 11.8 Å². The Kier molecular flexibility index (Phi) is 7.30. The quantitative estimate of drug-likeness (QED) is 0.445. The summed E-state index contributed by atoms with van der Waals surface area (Å²) in [5, 5.41) is 6.24. The lowest BCUT2D eigenvalue weighted by Crippen LogP contribution is -2.43. The van der Waals surface area contributed by atoms with Crippen molar-refractivity contribution in [3.05, 3.63) is 40.5 Å². The number of carbonyl (C=O) groups is 2. The van der Waals surface area contributed by atoms with Crippen LogP contribution in [-0.2, 0) is 9.59 Å². The van der Waals surface area contributed by atoms with E-state index in [2.05, 4.69) is 16.7 Å². The molecule has 2 saturated carbocycles. The third-order valence-corrected chi connectivity index (χ3v) is 6.10. The molecular weight excluding hydrogens is 348 g/mol.